The van der Waals surface area contributed by atoms with Crippen LogP contribution in [0.3, 0.4) is 0 Å². The number of nitrogens with one attached hydrogen (secondary N) is 2. The van der Waals surface area contributed by atoms with Crippen LogP contribution >= 0.6 is 0 Å². The Kier molecular flexibility index (Phi) is 7.60. The lowest BCUT2D eigenvalue weighted by molar-refractivity contribution is -0.117. The molecule has 8 heteroatoms. The number of nitriles is 1. The van der Waals surface area contributed by atoms with Gasteiger partial charge in [-0.25, -0.2) is 13.1 Å². The molecule has 0 bridgehead atoms. The van der Waals surface area contributed by atoms with Gasteiger partial charge in [-0.1, -0.05) is 48.0 Å². The van der Waals surface area contributed by atoms with Crippen molar-refractivity contribution in [3.63, 3.8) is 0 Å². The molecule has 2 N–H and O–H groups in total. The predicted molar refractivity (Wildman–Crippen MR) is 121 cm³/mol. The first-order valence-corrected chi connectivity index (χ1v) is 11.4. The van der Waals surface area contributed by atoms with Crippen molar-refractivity contribution in [1.82, 2.24) is 10.0 Å². The van der Waals surface area contributed by atoms with Crippen LogP contribution in [0.1, 0.15) is 22.6 Å². The van der Waals surface area contributed by atoms with Gasteiger partial charge < -0.3 is 9.73 Å². The zero-order chi connectivity index (χ0) is 23.0. The number of carbonyl (C=O) groups excluding carboxylic acids is 1. The monoisotopic (exact) mass is 449 g/mol. The van der Waals surface area contributed by atoms with Crippen LogP contribution < -0.4 is 10.0 Å². The maximum Gasteiger partial charge on any atom is 0.262 e. The van der Waals surface area contributed by atoms with Crippen LogP contribution in [0.2, 0.25) is 0 Å². The Labute approximate surface area is 187 Å². The summed E-state index contributed by atoms with van der Waals surface area (Å²) in [5, 5.41) is 12.0. The molecule has 0 unspecified atom stereocenters. The highest BCUT2D eigenvalue weighted by molar-refractivity contribution is 7.89. The molecular formula is C24H23N3O4S. The van der Waals surface area contributed by atoms with E-state index in [0.717, 1.165) is 11.1 Å². The van der Waals surface area contributed by atoms with Crippen molar-refractivity contribution >= 4 is 22.0 Å². The number of rotatable bonds is 9. The van der Waals surface area contributed by atoms with Crippen LogP contribution in [0.4, 0.5) is 0 Å². The second-order valence-corrected chi connectivity index (χ2v) is 8.87. The summed E-state index contributed by atoms with van der Waals surface area (Å²) in [5.74, 6) is 0.138. The summed E-state index contributed by atoms with van der Waals surface area (Å²) >= 11 is 0. The second-order valence-electron chi connectivity index (χ2n) is 7.10. The number of benzene rings is 2. The number of furan rings is 1. The van der Waals surface area contributed by atoms with Gasteiger partial charge in [0.05, 0.1) is 11.4 Å². The first-order valence-electron chi connectivity index (χ1n) is 9.96. The zero-order valence-corrected chi connectivity index (χ0v) is 18.4. The predicted octanol–water partition coefficient (Wildman–Crippen LogP) is 3.33. The molecule has 0 saturated carbocycles. The molecule has 0 aliphatic carbocycles. The van der Waals surface area contributed by atoms with Gasteiger partial charge in [-0.3, -0.25) is 4.79 Å². The normalized spacial score (nSPS) is 11.7. The van der Waals surface area contributed by atoms with Crippen molar-refractivity contribution in [3.05, 3.63) is 95.0 Å². The molecule has 0 aliphatic heterocycles. The lowest BCUT2D eigenvalue weighted by atomic mass is 10.1. The second kappa shape index (κ2) is 10.6. The number of hydrogen-bond acceptors (Lipinski definition) is 5. The molecule has 0 radical (unpaired) electrons. The molecule has 2 aromatic carbocycles. The van der Waals surface area contributed by atoms with Gasteiger partial charge in [-0.2, -0.15) is 5.26 Å². The molecule has 0 aliphatic rings. The van der Waals surface area contributed by atoms with E-state index in [1.54, 1.807) is 24.3 Å². The number of carbonyl (C=O) groups is 1. The fourth-order valence-corrected chi connectivity index (χ4v) is 3.88. The number of amides is 1. The summed E-state index contributed by atoms with van der Waals surface area (Å²) in [5.41, 5.74) is 1.95. The summed E-state index contributed by atoms with van der Waals surface area (Å²) in [6, 6.07) is 21.2. The molecule has 0 saturated heterocycles. The summed E-state index contributed by atoms with van der Waals surface area (Å²) in [7, 11) is -3.68. The van der Waals surface area contributed by atoms with Crippen molar-refractivity contribution in [3.8, 4) is 6.07 Å². The third-order valence-corrected chi connectivity index (χ3v) is 6.06. The lowest BCUT2D eigenvalue weighted by Crippen LogP contribution is -2.26. The maximum absolute atomic E-state index is 12.4. The van der Waals surface area contributed by atoms with E-state index in [1.165, 1.54) is 18.2 Å². The largest absolute Gasteiger partial charge is 0.460 e. The number of nitrogens with zero attached hydrogens (tertiary/aromatic N) is 1. The van der Waals surface area contributed by atoms with Crippen LogP contribution in [0.5, 0.6) is 0 Å². The van der Waals surface area contributed by atoms with Crippen LogP contribution in [0.25, 0.3) is 6.08 Å². The molecule has 0 atom stereocenters. The van der Waals surface area contributed by atoms with E-state index in [1.807, 2.05) is 43.3 Å². The Hall–Kier alpha value is -3.67. The van der Waals surface area contributed by atoms with Crippen molar-refractivity contribution in [2.75, 3.05) is 6.54 Å². The standard InChI is InChI=1S/C24H23N3O4S/c1-18-7-11-23(12-8-18)32(29,30)27-17-22-10-9-21(31-22)15-20(16-25)24(28)26-14-13-19-5-3-2-4-6-19/h2-12,15,27H,13-14,17H2,1H3,(H,26,28). The SMILES string of the molecule is Cc1ccc(S(=O)(=O)NCc2ccc(C=C(C#N)C(=O)NCCc3ccccc3)o2)cc1. The first-order chi connectivity index (χ1) is 15.4. The van der Waals surface area contributed by atoms with E-state index in [2.05, 4.69) is 10.0 Å². The summed E-state index contributed by atoms with van der Waals surface area (Å²) < 4.78 is 32.8. The van der Waals surface area contributed by atoms with Crippen molar-refractivity contribution in [1.29, 1.82) is 5.26 Å². The molecule has 3 aromatic rings. The number of aryl methyl sites for hydroxylation is 1. The molecule has 7 nitrogen and oxygen atoms in total. The Morgan fingerprint density at radius 1 is 1.06 bits per heavy atom. The average molecular weight is 450 g/mol. The van der Waals surface area contributed by atoms with Gasteiger partial charge in [0.1, 0.15) is 23.2 Å². The van der Waals surface area contributed by atoms with E-state index in [4.69, 9.17) is 4.42 Å². The molecule has 32 heavy (non-hydrogen) atoms. The van der Waals surface area contributed by atoms with Gasteiger partial charge in [-0.05, 0) is 43.2 Å². The zero-order valence-electron chi connectivity index (χ0n) is 17.5. The van der Waals surface area contributed by atoms with Gasteiger partial charge in [0.25, 0.3) is 5.91 Å². The van der Waals surface area contributed by atoms with Crippen LogP contribution in [0.15, 0.2) is 81.6 Å². The van der Waals surface area contributed by atoms with Gasteiger partial charge in [0.15, 0.2) is 0 Å². The molecule has 0 spiro atoms. The fourth-order valence-electron chi connectivity index (χ4n) is 2.89. The van der Waals surface area contributed by atoms with Gasteiger partial charge in [0, 0.05) is 12.6 Å². The van der Waals surface area contributed by atoms with Crippen molar-refractivity contribution in [2.24, 2.45) is 0 Å². The number of hydrogen-bond donors (Lipinski definition) is 2. The lowest BCUT2D eigenvalue weighted by Gasteiger charge is -2.05. The van der Waals surface area contributed by atoms with E-state index in [-0.39, 0.29) is 22.8 Å². The molecule has 1 amide bonds. The molecular weight excluding hydrogens is 426 g/mol. The third kappa shape index (κ3) is 6.41. The molecule has 1 aromatic heterocycles. The topological polar surface area (TPSA) is 112 Å². The van der Waals surface area contributed by atoms with Crippen LogP contribution in [-0.2, 0) is 27.8 Å². The quantitative estimate of drug-likeness (QED) is 0.384. The Balaban J connectivity index is 1.57. The summed E-state index contributed by atoms with van der Waals surface area (Å²) in [6.45, 7) is 2.21. The Morgan fingerprint density at radius 2 is 1.78 bits per heavy atom. The van der Waals surface area contributed by atoms with E-state index < -0.39 is 15.9 Å². The van der Waals surface area contributed by atoms with E-state index >= 15 is 0 Å². The summed E-state index contributed by atoms with van der Waals surface area (Å²) in [4.78, 5) is 12.4. The Morgan fingerprint density at radius 3 is 2.47 bits per heavy atom. The minimum absolute atomic E-state index is 0.0603. The Bertz CT molecular complexity index is 1240. The van der Waals surface area contributed by atoms with Crippen LogP contribution in [-0.4, -0.2) is 20.9 Å². The summed E-state index contributed by atoms with van der Waals surface area (Å²) in [6.07, 6.45) is 1.98. The van der Waals surface area contributed by atoms with Gasteiger partial charge in [0.2, 0.25) is 10.0 Å². The van der Waals surface area contributed by atoms with Gasteiger partial charge in [-0.15, -0.1) is 0 Å². The number of sulfonamides is 1. The molecule has 1 heterocycles. The van der Waals surface area contributed by atoms with Gasteiger partial charge >= 0.3 is 0 Å². The van der Waals surface area contributed by atoms with E-state index in [9.17, 15) is 18.5 Å². The van der Waals surface area contributed by atoms with E-state index in [0.29, 0.717) is 18.7 Å². The minimum atomic E-state index is -3.68. The highest BCUT2D eigenvalue weighted by Gasteiger charge is 2.15. The average Bonchev–Trinajstić information content (AvgIpc) is 3.24. The smallest absolute Gasteiger partial charge is 0.262 e. The molecule has 3 rings (SSSR count). The van der Waals surface area contributed by atoms with Crippen molar-refractivity contribution < 1.29 is 17.6 Å². The third-order valence-electron chi connectivity index (χ3n) is 4.64. The highest BCUT2D eigenvalue weighted by Crippen LogP contribution is 2.14. The first kappa shape index (κ1) is 23.0. The van der Waals surface area contributed by atoms with Crippen molar-refractivity contribution in [2.45, 2.75) is 24.8 Å². The highest BCUT2D eigenvalue weighted by atomic mass is 32.2. The minimum Gasteiger partial charge on any atom is -0.460 e. The maximum atomic E-state index is 12.4. The fraction of sp³-hybridized carbons (Fsp3) is 0.167. The molecule has 164 valence electrons. The van der Waals surface area contributed by atoms with Crippen LogP contribution in [0, 0.1) is 18.3 Å². The molecule has 0 fully saturated rings.